The summed E-state index contributed by atoms with van der Waals surface area (Å²) in [4.78, 5) is 0. The first-order valence-electron chi connectivity index (χ1n) is 5.54. The van der Waals surface area contributed by atoms with Crippen LogP contribution in [0.1, 0.15) is 0 Å². The molecule has 1 aromatic carbocycles. The van der Waals surface area contributed by atoms with E-state index in [0.29, 0.717) is 5.69 Å². The van der Waals surface area contributed by atoms with E-state index >= 15 is 0 Å². The molecule has 2 heterocycles. The molecule has 0 amide bonds. The Bertz CT molecular complexity index is 684. The van der Waals surface area contributed by atoms with Crippen LogP contribution in [0.2, 0.25) is 0 Å². The summed E-state index contributed by atoms with van der Waals surface area (Å²) in [7, 11) is 1.84. The molecule has 0 saturated carbocycles. The van der Waals surface area contributed by atoms with Crippen LogP contribution >= 0.6 is 0 Å². The lowest BCUT2D eigenvalue weighted by atomic mass is 10.3. The van der Waals surface area contributed by atoms with Crippen LogP contribution in [0.3, 0.4) is 0 Å². The second-order valence-electron chi connectivity index (χ2n) is 3.94. The summed E-state index contributed by atoms with van der Waals surface area (Å²) in [5, 5.41) is 8.45. The molecule has 4 nitrogen and oxygen atoms in total. The summed E-state index contributed by atoms with van der Waals surface area (Å²) >= 11 is 0. The second-order valence-corrected chi connectivity index (χ2v) is 3.94. The Morgan fingerprint density at radius 1 is 1.11 bits per heavy atom. The Labute approximate surface area is 103 Å². The predicted octanol–water partition coefficient (Wildman–Crippen LogP) is 2.41. The highest BCUT2D eigenvalue weighted by molar-refractivity contribution is 5.54. The maximum absolute atomic E-state index is 13.6. The summed E-state index contributed by atoms with van der Waals surface area (Å²) in [6.45, 7) is 0. The van der Waals surface area contributed by atoms with Gasteiger partial charge in [-0.1, -0.05) is 12.1 Å². The van der Waals surface area contributed by atoms with Crippen molar-refractivity contribution >= 4 is 0 Å². The molecule has 0 spiro atoms. The third-order valence-corrected chi connectivity index (χ3v) is 2.77. The van der Waals surface area contributed by atoms with Crippen LogP contribution in [0.4, 0.5) is 4.39 Å². The summed E-state index contributed by atoms with van der Waals surface area (Å²) in [5.41, 5.74) is 2.09. The van der Waals surface area contributed by atoms with E-state index in [9.17, 15) is 4.39 Å². The molecule has 0 radical (unpaired) electrons. The topological polar surface area (TPSA) is 35.6 Å². The number of para-hydroxylation sites is 1. The standard InChI is InChI=1S/C13H11FN4/c1-17-13(6-8-15-17)11-7-9-18(16-11)12-5-3-2-4-10(12)14/h2-9H,1H3. The fraction of sp³-hybridized carbons (Fsp3) is 0.0769. The van der Waals surface area contributed by atoms with Crippen molar-refractivity contribution in [2.45, 2.75) is 0 Å². The van der Waals surface area contributed by atoms with Crippen LogP contribution < -0.4 is 0 Å². The normalized spacial score (nSPS) is 10.8. The van der Waals surface area contributed by atoms with E-state index < -0.39 is 0 Å². The van der Waals surface area contributed by atoms with Crippen molar-refractivity contribution in [1.29, 1.82) is 0 Å². The minimum Gasteiger partial charge on any atom is -0.266 e. The van der Waals surface area contributed by atoms with Gasteiger partial charge in [0.05, 0.1) is 5.69 Å². The first kappa shape index (κ1) is 10.7. The van der Waals surface area contributed by atoms with E-state index in [1.54, 1.807) is 35.3 Å². The van der Waals surface area contributed by atoms with Gasteiger partial charge in [0.2, 0.25) is 0 Å². The third-order valence-electron chi connectivity index (χ3n) is 2.77. The molecule has 0 aliphatic carbocycles. The van der Waals surface area contributed by atoms with Crippen LogP contribution in [0, 0.1) is 5.82 Å². The zero-order valence-corrected chi connectivity index (χ0v) is 9.79. The largest absolute Gasteiger partial charge is 0.266 e. The lowest BCUT2D eigenvalue weighted by Crippen LogP contribution is -1.99. The third kappa shape index (κ3) is 1.69. The van der Waals surface area contributed by atoms with E-state index in [1.807, 2.05) is 19.2 Å². The van der Waals surface area contributed by atoms with E-state index in [2.05, 4.69) is 10.2 Å². The minimum absolute atomic E-state index is 0.294. The number of hydrogen-bond donors (Lipinski definition) is 0. The van der Waals surface area contributed by atoms with Gasteiger partial charge in [0.1, 0.15) is 17.2 Å². The zero-order chi connectivity index (χ0) is 12.5. The number of rotatable bonds is 2. The highest BCUT2D eigenvalue weighted by atomic mass is 19.1. The van der Waals surface area contributed by atoms with Gasteiger partial charge in [-0.15, -0.1) is 0 Å². The molecule has 0 saturated heterocycles. The Hall–Kier alpha value is -2.43. The average molecular weight is 242 g/mol. The van der Waals surface area contributed by atoms with Crippen molar-refractivity contribution in [1.82, 2.24) is 19.6 Å². The molecule has 18 heavy (non-hydrogen) atoms. The first-order valence-corrected chi connectivity index (χ1v) is 5.54. The van der Waals surface area contributed by atoms with Crippen LogP contribution in [0.15, 0.2) is 48.8 Å². The number of hydrogen-bond acceptors (Lipinski definition) is 2. The maximum atomic E-state index is 13.6. The summed E-state index contributed by atoms with van der Waals surface area (Å²) in [5.74, 6) is -0.294. The van der Waals surface area contributed by atoms with Crippen molar-refractivity contribution in [3.8, 4) is 17.1 Å². The zero-order valence-electron chi connectivity index (χ0n) is 9.79. The Kier molecular flexibility index (Phi) is 2.44. The van der Waals surface area contributed by atoms with Gasteiger partial charge in [-0.3, -0.25) is 4.68 Å². The first-order chi connectivity index (χ1) is 8.75. The second kappa shape index (κ2) is 4.10. The maximum Gasteiger partial charge on any atom is 0.148 e. The molecular weight excluding hydrogens is 231 g/mol. The lowest BCUT2D eigenvalue weighted by Gasteiger charge is -2.02. The van der Waals surface area contributed by atoms with E-state index in [1.165, 1.54) is 10.7 Å². The number of halogens is 1. The monoisotopic (exact) mass is 242 g/mol. The van der Waals surface area contributed by atoms with Gasteiger partial charge in [0.25, 0.3) is 0 Å². The van der Waals surface area contributed by atoms with Crippen molar-refractivity contribution in [2.24, 2.45) is 7.05 Å². The Balaban J connectivity index is 2.05. The van der Waals surface area contributed by atoms with Gasteiger partial charge >= 0.3 is 0 Å². The lowest BCUT2D eigenvalue weighted by molar-refractivity contribution is 0.611. The molecule has 0 unspecified atom stereocenters. The molecule has 0 aliphatic heterocycles. The summed E-state index contributed by atoms with van der Waals surface area (Å²) < 4.78 is 16.9. The minimum atomic E-state index is -0.294. The van der Waals surface area contributed by atoms with Gasteiger partial charge in [0, 0.05) is 19.4 Å². The molecule has 0 fully saturated rings. The molecule has 0 aliphatic rings. The van der Waals surface area contributed by atoms with Crippen molar-refractivity contribution < 1.29 is 4.39 Å². The van der Waals surface area contributed by atoms with Crippen LogP contribution in [0.5, 0.6) is 0 Å². The number of aryl methyl sites for hydroxylation is 1. The smallest absolute Gasteiger partial charge is 0.148 e. The van der Waals surface area contributed by atoms with Crippen LogP contribution in [-0.2, 0) is 7.05 Å². The number of nitrogens with zero attached hydrogens (tertiary/aromatic N) is 4. The van der Waals surface area contributed by atoms with Gasteiger partial charge in [-0.2, -0.15) is 10.2 Å². The SMILES string of the molecule is Cn1nccc1-c1ccn(-c2ccccc2F)n1. The molecule has 3 rings (SSSR count). The van der Waals surface area contributed by atoms with E-state index in [0.717, 1.165) is 11.4 Å². The summed E-state index contributed by atoms with van der Waals surface area (Å²) in [6, 6.07) is 10.3. The molecule has 3 aromatic rings. The Morgan fingerprint density at radius 3 is 2.67 bits per heavy atom. The van der Waals surface area contributed by atoms with Crippen molar-refractivity contribution in [3.05, 3.63) is 54.6 Å². The number of benzene rings is 1. The number of aromatic nitrogens is 4. The molecule has 2 aromatic heterocycles. The molecule has 0 N–H and O–H groups in total. The van der Waals surface area contributed by atoms with Crippen molar-refractivity contribution in [3.63, 3.8) is 0 Å². The van der Waals surface area contributed by atoms with Gasteiger partial charge in [0.15, 0.2) is 0 Å². The fourth-order valence-corrected chi connectivity index (χ4v) is 1.86. The van der Waals surface area contributed by atoms with Crippen molar-refractivity contribution in [2.75, 3.05) is 0 Å². The molecule has 0 bridgehead atoms. The molecule has 5 heteroatoms. The summed E-state index contributed by atoms with van der Waals surface area (Å²) in [6.07, 6.45) is 3.44. The van der Waals surface area contributed by atoms with Crippen LogP contribution in [-0.4, -0.2) is 19.6 Å². The predicted molar refractivity (Wildman–Crippen MR) is 65.7 cm³/mol. The van der Waals surface area contributed by atoms with Gasteiger partial charge in [-0.05, 0) is 24.3 Å². The van der Waals surface area contributed by atoms with Gasteiger partial charge in [-0.25, -0.2) is 9.07 Å². The average Bonchev–Trinajstić information content (AvgIpc) is 2.98. The van der Waals surface area contributed by atoms with Crippen LogP contribution in [0.25, 0.3) is 17.1 Å². The molecular formula is C13H11FN4. The molecule has 0 atom stereocenters. The van der Waals surface area contributed by atoms with E-state index in [-0.39, 0.29) is 5.82 Å². The quantitative estimate of drug-likeness (QED) is 0.691. The highest BCUT2D eigenvalue weighted by Crippen LogP contribution is 2.18. The fourth-order valence-electron chi connectivity index (χ4n) is 1.86. The molecule has 90 valence electrons. The highest BCUT2D eigenvalue weighted by Gasteiger charge is 2.09. The Morgan fingerprint density at radius 2 is 1.94 bits per heavy atom. The van der Waals surface area contributed by atoms with E-state index in [4.69, 9.17) is 0 Å². The van der Waals surface area contributed by atoms with Gasteiger partial charge < -0.3 is 0 Å².